The quantitative estimate of drug-likeness (QED) is 0.276. The molecule has 0 saturated carbocycles. The van der Waals surface area contributed by atoms with Crippen LogP contribution in [0, 0.1) is 9.49 Å². The molecule has 0 aromatic heterocycles. The molecule has 0 saturated heterocycles. The third-order valence-electron chi connectivity index (χ3n) is 5.48. The topological polar surface area (TPSA) is 116 Å². The second kappa shape index (κ2) is 13.0. The summed E-state index contributed by atoms with van der Waals surface area (Å²) in [5.41, 5.74) is 0.334. The highest BCUT2D eigenvalue weighted by atomic mass is 127. The van der Waals surface area contributed by atoms with Crippen molar-refractivity contribution in [2.45, 2.75) is 58.3 Å². The molecule has 1 aromatic carbocycles. The van der Waals surface area contributed by atoms with Crippen LogP contribution in [0.5, 0.6) is 5.75 Å². The number of carbonyl (C=O) groups excluding carboxylic acids is 3. The van der Waals surface area contributed by atoms with Crippen molar-refractivity contribution in [1.29, 1.82) is 0 Å². The number of ketones is 1. The number of amides is 2. The second-order valence-corrected chi connectivity index (χ2v) is 9.57. The Labute approximate surface area is 208 Å². The number of ether oxygens (including phenoxy) is 1. The van der Waals surface area contributed by atoms with E-state index in [2.05, 4.69) is 27.9 Å². The zero-order valence-electron chi connectivity index (χ0n) is 19.3. The van der Waals surface area contributed by atoms with Crippen LogP contribution in [0.4, 0.5) is 0 Å². The van der Waals surface area contributed by atoms with Crippen LogP contribution in [-0.2, 0) is 14.4 Å². The van der Waals surface area contributed by atoms with Crippen LogP contribution in [-0.4, -0.2) is 70.7 Å². The average molecular weight is 572 g/mol. The van der Waals surface area contributed by atoms with Crippen LogP contribution in [0.1, 0.15) is 40.0 Å². The Hall–Kier alpha value is -1.98. The summed E-state index contributed by atoms with van der Waals surface area (Å²) in [6.07, 6.45) is 0.289. The van der Waals surface area contributed by atoms with E-state index < -0.39 is 35.8 Å². The van der Waals surface area contributed by atoms with Gasteiger partial charge in [0, 0.05) is 31.5 Å². The van der Waals surface area contributed by atoms with Gasteiger partial charge < -0.3 is 25.2 Å². The number of Topliss-reactive ketones (excluding diaryl/α,β-unsaturated/α-hetero) is 1. The molecule has 9 heteroatoms. The van der Waals surface area contributed by atoms with Crippen LogP contribution in [0.2, 0.25) is 0 Å². The van der Waals surface area contributed by atoms with Gasteiger partial charge in [-0.15, -0.1) is 0 Å². The predicted molar refractivity (Wildman–Crippen MR) is 133 cm³/mol. The molecule has 0 bridgehead atoms. The van der Waals surface area contributed by atoms with Crippen molar-refractivity contribution < 1.29 is 29.3 Å². The van der Waals surface area contributed by atoms with E-state index in [0.717, 1.165) is 3.57 Å². The molecule has 0 aliphatic heterocycles. The van der Waals surface area contributed by atoms with E-state index in [1.807, 2.05) is 26.0 Å². The minimum atomic E-state index is -1.14. The summed E-state index contributed by atoms with van der Waals surface area (Å²) in [6, 6.07) is 6.49. The summed E-state index contributed by atoms with van der Waals surface area (Å²) in [7, 11) is 0. The zero-order valence-corrected chi connectivity index (χ0v) is 21.4. The molecule has 182 valence electrons. The molecular formula is C24H33IN2O6. The normalized spacial score (nSPS) is 20.2. The van der Waals surface area contributed by atoms with E-state index in [1.54, 1.807) is 25.1 Å². The number of carbonyl (C=O) groups is 3. The summed E-state index contributed by atoms with van der Waals surface area (Å²) < 4.78 is 6.90. The number of benzene rings is 1. The summed E-state index contributed by atoms with van der Waals surface area (Å²) >= 11 is 2.12. The van der Waals surface area contributed by atoms with Gasteiger partial charge in [-0.1, -0.05) is 32.9 Å². The van der Waals surface area contributed by atoms with Gasteiger partial charge in [-0.05, 0) is 53.1 Å². The number of para-hydroxylation sites is 1. The number of aliphatic hydroxyl groups is 2. The zero-order chi connectivity index (χ0) is 24.5. The van der Waals surface area contributed by atoms with Gasteiger partial charge in [-0.2, -0.15) is 0 Å². The fourth-order valence-corrected chi connectivity index (χ4v) is 4.11. The van der Waals surface area contributed by atoms with Crippen LogP contribution < -0.4 is 10.1 Å². The van der Waals surface area contributed by atoms with Crippen molar-refractivity contribution >= 4 is 40.2 Å². The average Bonchev–Trinajstić information content (AvgIpc) is 2.79. The van der Waals surface area contributed by atoms with Gasteiger partial charge in [0.05, 0.1) is 16.2 Å². The third kappa shape index (κ3) is 7.51. The Kier molecular flexibility index (Phi) is 10.8. The number of rotatable bonds is 11. The molecular weight excluding hydrogens is 539 g/mol. The maximum absolute atomic E-state index is 13.0. The SMILES string of the molecule is CCC(=O)C(=O)N(CCC(C)C)C1CC(C(=O)NCCO)=CC(Oc2ccccc2I)C1O. The lowest BCUT2D eigenvalue weighted by Crippen LogP contribution is -2.56. The van der Waals surface area contributed by atoms with Gasteiger partial charge >= 0.3 is 0 Å². The Morgan fingerprint density at radius 1 is 1.27 bits per heavy atom. The fraction of sp³-hybridized carbons (Fsp3) is 0.542. The molecule has 0 spiro atoms. The molecule has 3 N–H and O–H groups in total. The molecule has 8 nitrogen and oxygen atoms in total. The molecule has 2 amide bonds. The van der Waals surface area contributed by atoms with E-state index in [-0.39, 0.29) is 38.5 Å². The Bertz CT molecular complexity index is 872. The summed E-state index contributed by atoms with van der Waals surface area (Å²) in [5.74, 6) is -0.790. The monoisotopic (exact) mass is 572 g/mol. The minimum Gasteiger partial charge on any atom is -0.482 e. The molecule has 2 rings (SSSR count). The van der Waals surface area contributed by atoms with Gasteiger partial charge in [-0.25, -0.2) is 0 Å². The number of hydrogen-bond acceptors (Lipinski definition) is 6. The Morgan fingerprint density at radius 3 is 2.58 bits per heavy atom. The summed E-state index contributed by atoms with van der Waals surface area (Å²) in [5, 5.41) is 22.9. The van der Waals surface area contributed by atoms with Gasteiger partial charge in [0.25, 0.3) is 5.91 Å². The van der Waals surface area contributed by atoms with Gasteiger partial charge in [0.2, 0.25) is 11.7 Å². The highest BCUT2D eigenvalue weighted by molar-refractivity contribution is 14.1. The standard InChI is InChI=1S/C24H33IN2O6/c1-4-19(29)24(32)27(11-9-15(2)3)18-13-16(23(31)26-10-12-28)14-21(22(18)30)33-20-8-6-5-7-17(20)25/h5-8,14-15,18,21-22,28,30H,4,9-13H2,1-3H3,(H,26,31). The Morgan fingerprint density at radius 2 is 1.97 bits per heavy atom. The molecule has 1 aromatic rings. The summed E-state index contributed by atoms with van der Waals surface area (Å²) in [4.78, 5) is 39.4. The Balaban J connectivity index is 2.42. The van der Waals surface area contributed by atoms with Crippen molar-refractivity contribution in [3.05, 3.63) is 39.5 Å². The lowest BCUT2D eigenvalue weighted by atomic mass is 9.87. The first-order valence-corrected chi connectivity index (χ1v) is 12.3. The minimum absolute atomic E-state index is 0.0572. The molecule has 3 atom stereocenters. The van der Waals surface area contributed by atoms with Crippen molar-refractivity contribution in [1.82, 2.24) is 10.2 Å². The van der Waals surface area contributed by atoms with E-state index >= 15 is 0 Å². The first-order chi connectivity index (χ1) is 15.7. The molecule has 0 radical (unpaired) electrons. The maximum Gasteiger partial charge on any atom is 0.290 e. The molecule has 33 heavy (non-hydrogen) atoms. The molecule has 0 fully saturated rings. The highest BCUT2D eigenvalue weighted by Gasteiger charge is 2.41. The van der Waals surface area contributed by atoms with Crippen LogP contribution in [0.3, 0.4) is 0 Å². The lowest BCUT2D eigenvalue weighted by Gasteiger charge is -2.40. The van der Waals surface area contributed by atoms with E-state index in [0.29, 0.717) is 17.7 Å². The van der Waals surface area contributed by atoms with E-state index in [9.17, 15) is 19.5 Å². The van der Waals surface area contributed by atoms with Gasteiger partial charge in [0.1, 0.15) is 18.0 Å². The fourth-order valence-electron chi connectivity index (χ4n) is 3.59. The molecule has 1 aliphatic carbocycles. The predicted octanol–water partition coefficient (Wildman–Crippen LogP) is 2.06. The van der Waals surface area contributed by atoms with Gasteiger partial charge in [-0.3, -0.25) is 14.4 Å². The van der Waals surface area contributed by atoms with Crippen molar-refractivity contribution in [3.8, 4) is 5.75 Å². The largest absolute Gasteiger partial charge is 0.482 e. The highest BCUT2D eigenvalue weighted by Crippen LogP contribution is 2.30. The number of nitrogens with zero attached hydrogens (tertiary/aromatic N) is 1. The first kappa shape index (κ1) is 27.3. The number of nitrogens with one attached hydrogen (secondary N) is 1. The first-order valence-electron chi connectivity index (χ1n) is 11.2. The smallest absolute Gasteiger partial charge is 0.290 e. The van der Waals surface area contributed by atoms with Crippen LogP contribution in [0.25, 0.3) is 0 Å². The van der Waals surface area contributed by atoms with Crippen LogP contribution in [0.15, 0.2) is 35.9 Å². The molecule has 1 aliphatic rings. The van der Waals surface area contributed by atoms with Crippen LogP contribution >= 0.6 is 22.6 Å². The number of aliphatic hydroxyl groups excluding tert-OH is 2. The van der Waals surface area contributed by atoms with Crippen molar-refractivity contribution in [3.63, 3.8) is 0 Å². The van der Waals surface area contributed by atoms with E-state index in [4.69, 9.17) is 9.84 Å². The second-order valence-electron chi connectivity index (χ2n) is 8.40. The maximum atomic E-state index is 13.0. The number of hydrogen-bond donors (Lipinski definition) is 3. The van der Waals surface area contributed by atoms with E-state index in [1.165, 1.54) is 4.90 Å². The third-order valence-corrected chi connectivity index (χ3v) is 6.37. The molecule has 0 heterocycles. The number of halogens is 1. The summed E-state index contributed by atoms with van der Waals surface area (Å²) in [6.45, 7) is 5.80. The van der Waals surface area contributed by atoms with Gasteiger partial charge in [0.15, 0.2) is 0 Å². The van der Waals surface area contributed by atoms with Crippen molar-refractivity contribution in [2.24, 2.45) is 5.92 Å². The van der Waals surface area contributed by atoms with Crippen molar-refractivity contribution in [2.75, 3.05) is 19.7 Å². The molecule has 3 unspecified atom stereocenters. The lowest BCUT2D eigenvalue weighted by molar-refractivity contribution is -0.149.